The molecule has 1 aliphatic carbocycles. The molecule has 1 atom stereocenters. The summed E-state index contributed by atoms with van der Waals surface area (Å²) in [6.07, 6.45) is 3.12. The average Bonchev–Trinajstić information content (AvgIpc) is 2.17. The fraction of sp³-hybridized carbons (Fsp3) is 0.455. The van der Waals surface area contributed by atoms with E-state index < -0.39 is 0 Å². The molecule has 0 spiro atoms. The third kappa shape index (κ3) is 1.74. The monoisotopic (exact) mass is 177 g/mol. The van der Waals surface area contributed by atoms with Crippen LogP contribution in [-0.4, -0.2) is 11.1 Å². The highest BCUT2D eigenvalue weighted by atomic mass is 16.3. The maximum atomic E-state index is 8.97. The molecule has 0 aliphatic heterocycles. The summed E-state index contributed by atoms with van der Waals surface area (Å²) >= 11 is 0. The lowest BCUT2D eigenvalue weighted by Gasteiger charge is -2.21. The van der Waals surface area contributed by atoms with Gasteiger partial charge in [-0.05, 0) is 36.0 Å². The summed E-state index contributed by atoms with van der Waals surface area (Å²) in [5.74, 6) is 0. The van der Waals surface area contributed by atoms with Crippen molar-refractivity contribution in [1.29, 1.82) is 0 Å². The Hall–Kier alpha value is -0.860. The van der Waals surface area contributed by atoms with Gasteiger partial charge in [-0.3, -0.25) is 0 Å². The van der Waals surface area contributed by atoms with Crippen LogP contribution in [0, 0.1) is 0 Å². The highest BCUT2D eigenvalue weighted by Crippen LogP contribution is 2.21. The second-order valence-electron chi connectivity index (χ2n) is 3.76. The van der Waals surface area contributed by atoms with Crippen LogP contribution in [-0.2, 0) is 19.4 Å². The molecular formula is C11H15NO. The first-order chi connectivity index (χ1) is 6.29. The minimum atomic E-state index is 0.138. The lowest BCUT2D eigenvalue weighted by atomic mass is 9.88. The van der Waals surface area contributed by atoms with Gasteiger partial charge in [0.25, 0.3) is 0 Å². The Balaban J connectivity index is 2.31. The van der Waals surface area contributed by atoms with E-state index in [-0.39, 0.29) is 6.61 Å². The summed E-state index contributed by atoms with van der Waals surface area (Å²) in [7, 11) is 0. The van der Waals surface area contributed by atoms with Crippen molar-refractivity contribution in [2.45, 2.75) is 31.9 Å². The van der Waals surface area contributed by atoms with Gasteiger partial charge in [0.2, 0.25) is 0 Å². The number of aliphatic hydroxyl groups is 1. The molecule has 0 fully saturated rings. The zero-order valence-corrected chi connectivity index (χ0v) is 7.66. The van der Waals surface area contributed by atoms with Crippen LogP contribution in [0.3, 0.4) is 0 Å². The number of hydrogen-bond donors (Lipinski definition) is 2. The zero-order chi connectivity index (χ0) is 9.26. The molecular weight excluding hydrogens is 162 g/mol. The highest BCUT2D eigenvalue weighted by molar-refractivity contribution is 5.34. The van der Waals surface area contributed by atoms with Gasteiger partial charge in [0.05, 0.1) is 6.61 Å². The van der Waals surface area contributed by atoms with Gasteiger partial charge < -0.3 is 10.8 Å². The van der Waals surface area contributed by atoms with Gasteiger partial charge in [-0.1, -0.05) is 18.2 Å². The molecule has 70 valence electrons. The largest absolute Gasteiger partial charge is 0.392 e. The summed E-state index contributed by atoms with van der Waals surface area (Å²) in [6, 6.07) is 6.50. The molecule has 0 saturated carbocycles. The Kier molecular flexibility index (Phi) is 2.34. The van der Waals surface area contributed by atoms with Crippen molar-refractivity contribution in [3.63, 3.8) is 0 Å². The number of aryl methyl sites for hydroxylation is 1. The van der Waals surface area contributed by atoms with Crippen LogP contribution in [0.2, 0.25) is 0 Å². The first-order valence-electron chi connectivity index (χ1n) is 4.76. The molecule has 0 bridgehead atoms. The van der Waals surface area contributed by atoms with Gasteiger partial charge in [0.15, 0.2) is 0 Å². The Bertz CT molecular complexity index is 309. The van der Waals surface area contributed by atoms with Crippen LogP contribution < -0.4 is 5.73 Å². The van der Waals surface area contributed by atoms with E-state index in [1.54, 1.807) is 0 Å². The summed E-state index contributed by atoms with van der Waals surface area (Å²) in [5, 5.41) is 8.97. The Morgan fingerprint density at radius 2 is 2.23 bits per heavy atom. The molecule has 0 amide bonds. The topological polar surface area (TPSA) is 46.2 Å². The molecule has 13 heavy (non-hydrogen) atoms. The maximum Gasteiger partial charge on any atom is 0.0681 e. The maximum absolute atomic E-state index is 8.97. The van der Waals surface area contributed by atoms with Crippen LogP contribution in [0.25, 0.3) is 0 Å². The van der Waals surface area contributed by atoms with E-state index in [0.717, 1.165) is 24.8 Å². The van der Waals surface area contributed by atoms with Crippen molar-refractivity contribution < 1.29 is 5.11 Å². The summed E-state index contributed by atoms with van der Waals surface area (Å²) in [6.45, 7) is 0.138. The summed E-state index contributed by atoms with van der Waals surface area (Å²) < 4.78 is 0. The second kappa shape index (κ2) is 3.48. The lowest BCUT2D eigenvalue weighted by molar-refractivity contribution is 0.281. The molecule has 2 rings (SSSR count). The van der Waals surface area contributed by atoms with E-state index >= 15 is 0 Å². The van der Waals surface area contributed by atoms with Gasteiger partial charge in [-0.2, -0.15) is 0 Å². The van der Waals surface area contributed by atoms with Crippen LogP contribution in [0.4, 0.5) is 0 Å². The summed E-state index contributed by atoms with van der Waals surface area (Å²) in [5.41, 5.74) is 9.61. The highest BCUT2D eigenvalue weighted by Gasteiger charge is 2.14. The molecule has 1 aromatic carbocycles. The number of aliphatic hydroxyl groups excluding tert-OH is 1. The number of rotatable bonds is 1. The Labute approximate surface area is 78.4 Å². The van der Waals surface area contributed by atoms with Gasteiger partial charge in [-0.25, -0.2) is 0 Å². The first kappa shape index (κ1) is 8.73. The van der Waals surface area contributed by atoms with Crippen LogP contribution >= 0.6 is 0 Å². The van der Waals surface area contributed by atoms with Crippen molar-refractivity contribution in [2.24, 2.45) is 5.73 Å². The van der Waals surface area contributed by atoms with Gasteiger partial charge in [-0.15, -0.1) is 0 Å². The molecule has 0 aromatic heterocycles. The van der Waals surface area contributed by atoms with Crippen molar-refractivity contribution in [3.05, 3.63) is 34.9 Å². The van der Waals surface area contributed by atoms with E-state index in [2.05, 4.69) is 12.1 Å². The normalized spacial score (nSPS) is 21.2. The van der Waals surface area contributed by atoms with Crippen LogP contribution in [0.5, 0.6) is 0 Å². The number of fused-ring (bicyclic) bond motifs is 1. The minimum Gasteiger partial charge on any atom is -0.392 e. The number of hydrogen-bond acceptors (Lipinski definition) is 2. The molecule has 2 nitrogen and oxygen atoms in total. The molecule has 3 N–H and O–H groups in total. The van der Waals surface area contributed by atoms with Crippen LogP contribution in [0.1, 0.15) is 23.1 Å². The fourth-order valence-corrected chi connectivity index (χ4v) is 1.93. The third-order valence-electron chi connectivity index (χ3n) is 2.72. The van der Waals surface area contributed by atoms with Gasteiger partial charge >= 0.3 is 0 Å². The Morgan fingerprint density at radius 1 is 1.38 bits per heavy atom. The predicted octanol–water partition coefficient (Wildman–Crippen LogP) is 0.995. The third-order valence-corrected chi connectivity index (χ3v) is 2.72. The van der Waals surface area contributed by atoms with Crippen molar-refractivity contribution in [1.82, 2.24) is 0 Å². The van der Waals surface area contributed by atoms with E-state index in [1.807, 2.05) is 6.07 Å². The average molecular weight is 177 g/mol. The van der Waals surface area contributed by atoms with Gasteiger partial charge in [0.1, 0.15) is 0 Å². The molecule has 1 aliphatic rings. The predicted molar refractivity (Wildman–Crippen MR) is 52.4 cm³/mol. The smallest absolute Gasteiger partial charge is 0.0681 e. The molecule has 1 unspecified atom stereocenters. The SMILES string of the molecule is NC1CCc2cc(CO)ccc2C1. The minimum absolute atomic E-state index is 0.138. The quantitative estimate of drug-likeness (QED) is 0.672. The standard InChI is InChI=1S/C11H15NO/c12-11-4-3-9-5-8(7-13)1-2-10(9)6-11/h1-2,5,11,13H,3-4,6-7,12H2. The Morgan fingerprint density at radius 3 is 3.00 bits per heavy atom. The lowest BCUT2D eigenvalue weighted by Crippen LogP contribution is -2.27. The fourth-order valence-electron chi connectivity index (χ4n) is 1.93. The van der Waals surface area contributed by atoms with Crippen molar-refractivity contribution in [3.8, 4) is 0 Å². The molecule has 2 heteroatoms. The zero-order valence-electron chi connectivity index (χ0n) is 7.66. The first-order valence-corrected chi connectivity index (χ1v) is 4.76. The molecule has 0 heterocycles. The van der Waals surface area contributed by atoms with Crippen molar-refractivity contribution in [2.75, 3.05) is 0 Å². The molecule has 1 aromatic rings. The number of benzene rings is 1. The molecule has 0 radical (unpaired) electrons. The molecule has 0 saturated heterocycles. The van der Waals surface area contributed by atoms with Crippen LogP contribution in [0.15, 0.2) is 18.2 Å². The van der Waals surface area contributed by atoms with E-state index in [4.69, 9.17) is 10.8 Å². The van der Waals surface area contributed by atoms with Gasteiger partial charge in [0, 0.05) is 6.04 Å². The van der Waals surface area contributed by atoms with Crippen molar-refractivity contribution >= 4 is 0 Å². The van der Waals surface area contributed by atoms with E-state index in [0.29, 0.717) is 6.04 Å². The summed E-state index contributed by atoms with van der Waals surface area (Å²) in [4.78, 5) is 0. The second-order valence-corrected chi connectivity index (χ2v) is 3.76. The number of nitrogens with two attached hydrogens (primary N) is 1. The van der Waals surface area contributed by atoms with E-state index in [1.165, 1.54) is 11.1 Å². The van der Waals surface area contributed by atoms with E-state index in [9.17, 15) is 0 Å².